The molecular formula is C10H6F4N4O2. The highest BCUT2D eigenvalue weighted by molar-refractivity contribution is 5.96. The molecule has 10 heteroatoms. The first-order chi connectivity index (χ1) is 9.28. The SMILES string of the molecule is O=C(n1ccnc1)C(F)(F)C(F)(F)C(=O)n1ccnc1. The van der Waals surface area contributed by atoms with E-state index in [4.69, 9.17) is 0 Å². The van der Waals surface area contributed by atoms with Crippen LogP contribution in [0.3, 0.4) is 0 Å². The third-order valence-electron chi connectivity index (χ3n) is 2.41. The smallest absolute Gasteiger partial charge is 0.271 e. The number of hydrogen-bond acceptors (Lipinski definition) is 4. The van der Waals surface area contributed by atoms with Gasteiger partial charge in [-0.15, -0.1) is 0 Å². The molecular weight excluding hydrogens is 284 g/mol. The topological polar surface area (TPSA) is 69.8 Å². The average molecular weight is 290 g/mol. The summed E-state index contributed by atoms with van der Waals surface area (Å²) in [4.78, 5) is 29.3. The van der Waals surface area contributed by atoms with Gasteiger partial charge in [-0.2, -0.15) is 17.6 Å². The van der Waals surface area contributed by atoms with Crippen molar-refractivity contribution in [1.82, 2.24) is 19.1 Å². The van der Waals surface area contributed by atoms with Crippen molar-refractivity contribution in [3.63, 3.8) is 0 Å². The molecule has 0 radical (unpaired) electrons. The summed E-state index contributed by atoms with van der Waals surface area (Å²) in [5.74, 6) is -15.0. The van der Waals surface area contributed by atoms with Gasteiger partial charge in [0.25, 0.3) is 0 Å². The Hall–Kier alpha value is -2.52. The van der Waals surface area contributed by atoms with Gasteiger partial charge in [-0.05, 0) is 0 Å². The zero-order valence-electron chi connectivity index (χ0n) is 9.58. The van der Waals surface area contributed by atoms with E-state index in [-0.39, 0.29) is 9.13 Å². The van der Waals surface area contributed by atoms with Gasteiger partial charge in [-0.25, -0.2) is 9.97 Å². The highest BCUT2D eigenvalue weighted by atomic mass is 19.3. The third-order valence-corrected chi connectivity index (χ3v) is 2.41. The second-order valence-corrected chi connectivity index (χ2v) is 3.70. The largest absolute Gasteiger partial charge is 0.396 e. The van der Waals surface area contributed by atoms with Crippen LogP contribution in [0.5, 0.6) is 0 Å². The quantitative estimate of drug-likeness (QED) is 0.800. The number of halogens is 4. The Morgan fingerprint density at radius 1 is 0.800 bits per heavy atom. The van der Waals surface area contributed by atoms with E-state index in [1.807, 2.05) is 0 Å². The standard InChI is InChI=1S/C10H6F4N4O2/c11-9(12,7(19)17-3-1-15-5-17)10(13,14)8(20)18-4-2-16-6-18/h1-6H. The first-order valence-electron chi connectivity index (χ1n) is 5.09. The second kappa shape index (κ2) is 4.54. The summed E-state index contributed by atoms with van der Waals surface area (Å²) in [6.07, 6.45) is 4.73. The maximum Gasteiger partial charge on any atom is 0.396 e. The first-order valence-corrected chi connectivity index (χ1v) is 5.09. The Kier molecular flexibility index (Phi) is 3.16. The van der Waals surface area contributed by atoms with Gasteiger partial charge in [-0.1, -0.05) is 0 Å². The molecule has 0 aliphatic carbocycles. The van der Waals surface area contributed by atoms with Crippen LogP contribution in [0.15, 0.2) is 37.4 Å². The lowest BCUT2D eigenvalue weighted by Crippen LogP contribution is -2.55. The minimum atomic E-state index is -5.23. The van der Waals surface area contributed by atoms with Crippen LogP contribution in [0.25, 0.3) is 0 Å². The monoisotopic (exact) mass is 290 g/mol. The predicted molar refractivity (Wildman–Crippen MR) is 55.6 cm³/mol. The van der Waals surface area contributed by atoms with E-state index in [0.717, 1.165) is 24.8 Å². The Balaban J connectivity index is 2.36. The number of carbonyl (C=O) groups is 2. The van der Waals surface area contributed by atoms with Crippen molar-refractivity contribution < 1.29 is 27.2 Å². The van der Waals surface area contributed by atoms with Crippen molar-refractivity contribution >= 4 is 11.8 Å². The van der Waals surface area contributed by atoms with Gasteiger partial charge in [-0.3, -0.25) is 18.7 Å². The van der Waals surface area contributed by atoms with Crippen molar-refractivity contribution in [3.05, 3.63) is 37.4 Å². The lowest BCUT2D eigenvalue weighted by Gasteiger charge is -2.23. The van der Waals surface area contributed by atoms with Crippen LogP contribution in [0.2, 0.25) is 0 Å². The summed E-state index contributed by atoms with van der Waals surface area (Å²) in [5.41, 5.74) is 0. The van der Waals surface area contributed by atoms with Gasteiger partial charge in [0.2, 0.25) is 0 Å². The van der Waals surface area contributed by atoms with Gasteiger partial charge in [0.1, 0.15) is 12.7 Å². The van der Waals surface area contributed by atoms with E-state index < -0.39 is 23.7 Å². The van der Waals surface area contributed by atoms with E-state index in [0.29, 0.717) is 12.7 Å². The summed E-state index contributed by atoms with van der Waals surface area (Å²) >= 11 is 0. The number of alkyl halides is 4. The van der Waals surface area contributed by atoms with Gasteiger partial charge in [0.15, 0.2) is 0 Å². The molecule has 106 valence electrons. The van der Waals surface area contributed by atoms with E-state index in [1.54, 1.807) is 0 Å². The Labute approximate surface area is 108 Å². The molecule has 0 aliphatic heterocycles. The van der Waals surface area contributed by atoms with Gasteiger partial charge in [0.05, 0.1) is 0 Å². The fourth-order valence-electron chi connectivity index (χ4n) is 1.35. The highest BCUT2D eigenvalue weighted by Gasteiger charge is 2.67. The number of imidazole rings is 2. The first kappa shape index (κ1) is 13.9. The highest BCUT2D eigenvalue weighted by Crippen LogP contribution is 2.36. The van der Waals surface area contributed by atoms with Crippen molar-refractivity contribution in [3.8, 4) is 0 Å². The van der Waals surface area contributed by atoms with Gasteiger partial charge < -0.3 is 0 Å². The summed E-state index contributed by atoms with van der Waals surface area (Å²) in [5, 5.41) is 0. The molecule has 0 bridgehead atoms. The molecule has 0 saturated carbocycles. The number of aromatic nitrogens is 4. The Morgan fingerprint density at radius 3 is 1.40 bits per heavy atom. The summed E-state index contributed by atoms with van der Waals surface area (Å²) in [6, 6.07) is 0. The molecule has 0 aliphatic rings. The predicted octanol–water partition coefficient (Wildman–Crippen LogP) is 1.33. The molecule has 2 rings (SSSR count). The minimum absolute atomic E-state index is 0.176. The summed E-state index contributed by atoms with van der Waals surface area (Å²) < 4.78 is 54.7. The second-order valence-electron chi connectivity index (χ2n) is 3.70. The molecule has 2 aromatic heterocycles. The molecule has 0 saturated heterocycles. The normalized spacial score (nSPS) is 12.4. The fourth-order valence-corrected chi connectivity index (χ4v) is 1.35. The van der Waals surface area contributed by atoms with E-state index in [9.17, 15) is 27.2 Å². The number of hydrogen-bond donors (Lipinski definition) is 0. The fraction of sp³-hybridized carbons (Fsp3) is 0.200. The zero-order valence-corrected chi connectivity index (χ0v) is 9.58. The summed E-state index contributed by atoms with van der Waals surface area (Å²) in [7, 11) is 0. The number of rotatable bonds is 3. The maximum atomic E-state index is 13.6. The zero-order chi connectivity index (χ0) is 15.0. The molecule has 2 heterocycles. The molecule has 2 aromatic rings. The lowest BCUT2D eigenvalue weighted by molar-refractivity contribution is -0.154. The molecule has 0 unspecified atom stereocenters. The third kappa shape index (κ3) is 1.98. The van der Waals surface area contributed by atoms with E-state index >= 15 is 0 Å². The van der Waals surface area contributed by atoms with Crippen LogP contribution in [0, 0.1) is 0 Å². The van der Waals surface area contributed by atoms with Gasteiger partial charge in [0, 0.05) is 24.8 Å². The molecule has 0 amide bonds. The van der Waals surface area contributed by atoms with Crippen molar-refractivity contribution in [2.75, 3.05) is 0 Å². The summed E-state index contributed by atoms with van der Waals surface area (Å²) in [6.45, 7) is 0. The van der Waals surface area contributed by atoms with Crippen LogP contribution < -0.4 is 0 Å². The van der Waals surface area contributed by atoms with E-state index in [1.165, 1.54) is 0 Å². The molecule has 6 nitrogen and oxygen atoms in total. The molecule has 0 fully saturated rings. The lowest BCUT2D eigenvalue weighted by atomic mass is 10.1. The Morgan fingerprint density at radius 2 is 1.15 bits per heavy atom. The molecule has 0 atom stereocenters. The van der Waals surface area contributed by atoms with Crippen molar-refractivity contribution in [2.45, 2.75) is 11.8 Å². The van der Waals surface area contributed by atoms with Crippen LogP contribution in [0.4, 0.5) is 17.6 Å². The molecule has 20 heavy (non-hydrogen) atoms. The number of nitrogens with zero attached hydrogens (tertiary/aromatic N) is 4. The van der Waals surface area contributed by atoms with Gasteiger partial charge >= 0.3 is 23.7 Å². The molecule has 0 spiro atoms. The van der Waals surface area contributed by atoms with Crippen molar-refractivity contribution in [1.29, 1.82) is 0 Å². The van der Waals surface area contributed by atoms with Crippen LogP contribution in [-0.4, -0.2) is 42.8 Å². The van der Waals surface area contributed by atoms with Crippen LogP contribution >= 0.6 is 0 Å². The van der Waals surface area contributed by atoms with Crippen molar-refractivity contribution in [2.24, 2.45) is 0 Å². The average Bonchev–Trinajstić information content (AvgIpc) is 3.09. The van der Waals surface area contributed by atoms with Crippen LogP contribution in [0.1, 0.15) is 9.59 Å². The van der Waals surface area contributed by atoms with Crippen LogP contribution in [-0.2, 0) is 0 Å². The Bertz CT molecular complexity index is 565. The molecule has 0 aromatic carbocycles. The minimum Gasteiger partial charge on any atom is -0.271 e. The van der Waals surface area contributed by atoms with E-state index in [2.05, 4.69) is 9.97 Å². The maximum absolute atomic E-state index is 13.6. The molecule has 0 N–H and O–H groups in total. The number of carbonyl (C=O) groups excluding carboxylic acids is 2.